The van der Waals surface area contributed by atoms with Crippen molar-refractivity contribution in [1.29, 1.82) is 0 Å². The molecule has 1 rings (SSSR count). The lowest BCUT2D eigenvalue weighted by atomic mass is 10.3. The fourth-order valence-electron chi connectivity index (χ4n) is 1.27. The first-order chi connectivity index (χ1) is 9.31. The van der Waals surface area contributed by atoms with Gasteiger partial charge in [-0.1, -0.05) is 24.9 Å². The second kappa shape index (κ2) is 7.50. The molecule has 0 radical (unpaired) electrons. The van der Waals surface area contributed by atoms with E-state index in [0.717, 1.165) is 12.8 Å². The number of amides is 1. The van der Waals surface area contributed by atoms with Crippen molar-refractivity contribution < 1.29 is 28.4 Å². The number of phosphoric acid groups is 1. The Labute approximate surface area is 121 Å². The van der Waals surface area contributed by atoms with E-state index in [1.54, 1.807) is 0 Å². The molecular formula is C11H15ClNO6P. The van der Waals surface area contributed by atoms with Gasteiger partial charge in [-0.25, -0.2) is 9.36 Å². The molecule has 0 atom stereocenters. The topological polar surface area (TPSA) is 105 Å². The number of unbranched alkanes of at least 4 members (excludes halogenated alkanes) is 1. The third kappa shape index (κ3) is 6.25. The molecule has 0 saturated heterocycles. The van der Waals surface area contributed by atoms with Crippen molar-refractivity contribution in [2.24, 2.45) is 0 Å². The molecule has 0 heterocycles. The highest BCUT2D eigenvalue weighted by molar-refractivity contribution is 7.46. The van der Waals surface area contributed by atoms with E-state index in [9.17, 15) is 9.36 Å². The van der Waals surface area contributed by atoms with Crippen molar-refractivity contribution in [3.05, 3.63) is 23.2 Å². The molecule has 0 unspecified atom stereocenters. The maximum atomic E-state index is 11.5. The van der Waals surface area contributed by atoms with Crippen LogP contribution in [0.4, 0.5) is 4.79 Å². The minimum Gasteiger partial charge on any atom is -0.406 e. The lowest BCUT2D eigenvalue weighted by molar-refractivity contribution is 0.198. The molecule has 0 aliphatic heterocycles. The van der Waals surface area contributed by atoms with Crippen molar-refractivity contribution in [3.63, 3.8) is 0 Å². The molecule has 0 bridgehead atoms. The summed E-state index contributed by atoms with van der Waals surface area (Å²) < 4.78 is 20.2. The molecule has 3 N–H and O–H groups in total. The zero-order valence-electron chi connectivity index (χ0n) is 10.7. The number of nitrogens with one attached hydrogen (secondary N) is 1. The van der Waals surface area contributed by atoms with E-state index in [0.29, 0.717) is 6.54 Å². The molecule has 1 aromatic carbocycles. The van der Waals surface area contributed by atoms with Crippen molar-refractivity contribution >= 4 is 25.5 Å². The molecule has 0 saturated carbocycles. The summed E-state index contributed by atoms with van der Waals surface area (Å²) in [5, 5.41) is 2.72. The Hall–Kier alpha value is -1.27. The van der Waals surface area contributed by atoms with Gasteiger partial charge in [-0.05, 0) is 18.6 Å². The van der Waals surface area contributed by atoms with Gasteiger partial charge in [0, 0.05) is 17.6 Å². The van der Waals surface area contributed by atoms with E-state index in [-0.39, 0.29) is 16.5 Å². The van der Waals surface area contributed by atoms with Crippen LogP contribution >= 0.6 is 19.4 Å². The summed E-state index contributed by atoms with van der Waals surface area (Å²) in [6.45, 7) is 2.40. The van der Waals surface area contributed by atoms with Gasteiger partial charge in [0.15, 0.2) is 11.5 Å². The average molecular weight is 324 g/mol. The van der Waals surface area contributed by atoms with Gasteiger partial charge in [0.25, 0.3) is 0 Å². The Bertz CT molecular complexity index is 518. The number of rotatable bonds is 6. The summed E-state index contributed by atoms with van der Waals surface area (Å²) in [6.07, 6.45) is 0.941. The summed E-state index contributed by atoms with van der Waals surface area (Å²) in [5.41, 5.74) is 0. The van der Waals surface area contributed by atoms with Crippen LogP contribution < -0.4 is 14.6 Å². The Morgan fingerprint density at radius 1 is 1.40 bits per heavy atom. The normalized spacial score (nSPS) is 11.0. The van der Waals surface area contributed by atoms with Crippen molar-refractivity contribution in [1.82, 2.24) is 5.32 Å². The van der Waals surface area contributed by atoms with E-state index < -0.39 is 13.9 Å². The van der Waals surface area contributed by atoms with Gasteiger partial charge in [-0.2, -0.15) is 0 Å². The highest BCUT2D eigenvalue weighted by Crippen LogP contribution is 2.42. The number of carbonyl (C=O) groups excluding carboxylic acids is 1. The summed E-state index contributed by atoms with van der Waals surface area (Å²) in [7, 11) is -4.75. The van der Waals surface area contributed by atoms with Crippen LogP contribution in [0.3, 0.4) is 0 Å². The molecule has 1 aromatic rings. The van der Waals surface area contributed by atoms with E-state index in [4.69, 9.17) is 26.1 Å². The standard InChI is InChI=1S/C11H15ClNO6P/c1-2-3-6-13-11(14)18-10-7-8(12)4-5-9(10)19-20(15,16)17/h4-5,7H,2-3,6H2,1H3,(H,13,14)(H2,15,16,17). The van der Waals surface area contributed by atoms with Gasteiger partial charge in [0.1, 0.15) is 0 Å². The molecule has 20 heavy (non-hydrogen) atoms. The monoisotopic (exact) mass is 323 g/mol. The lowest BCUT2D eigenvalue weighted by Gasteiger charge is -2.12. The van der Waals surface area contributed by atoms with Crippen LogP contribution in [0.5, 0.6) is 11.5 Å². The molecule has 0 aromatic heterocycles. The van der Waals surface area contributed by atoms with Crippen LogP contribution in [0.2, 0.25) is 5.02 Å². The summed E-state index contributed by atoms with van der Waals surface area (Å²) in [6, 6.07) is 3.79. The van der Waals surface area contributed by atoms with Crippen LogP contribution in [0.15, 0.2) is 18.2 Å². The largest absolute Gasteiger partial charge is 0.524 e. The minimum absolute atomic E-state index is 0.171. The van der Waals surface area contributed by atoms with Crippen LogP contribution in [0, 0.1) is 0 Å². The number of ether oxygens (including phenoxy) is 1. The van der Waals surface area contributed by atoms with Gasteiger partial charge in [0.05, 0.1) is 0 Å². The quantitative estimate of drug-likeness (QED) is 0.549. The molecular weight excluding hydrogens is 309 g/mol. The van der Waals surface area contributed by atoms with Gasteiger partial charge < -0.3 is 14.6 Å². The average Bonchev–Trinajstić information content (AvgIpc) is 2.31. The van der Waals surface area contributed by atoms with Crippen molar-refractivity contribution in [2.75, 3.05) is 6.54 Å². The van der Waals surface area contributed by atoms with Crippen LogP contribution in [-0.2, 0) is 4.57 Å². The third-order valence-corrected chi connectivity index (χ3v) is 2.79. The van der Waals surface area contributed by atoms with Crippen LogP contribution in [0.1, 0.15) is 19.8 Å². The molecule has 7 nitrogen and oxygen atoms in total. The maximum absolute atomic E-state index is 11.5. The summed E-state index contributed by atoms with van der Waals surface area (Å²) in [4.78, 5) is 29.0. The van der Waals surface area contributed by atoms with E-state index in [1.165, 1.54) is 18.2 Å². The Morgan fingerprint density at radius 2 is 2.10 bits per heavy atom. The predicted molar refractivity (Wildman–Crippen MR) is 73.1 cm³/mol. The fourth-order valence-corrected chi connectivity index (χ4v) is 1.84. The maximum Gasteiger partial charge on any atom is 0.524 e. The zero-order chi connectivity index (χ0) is 15.2. The molecule has 9 heteroatoms. The summed E-state index contributed by atoms with van der Waals surface area (Å²) >= 11 is 5.74. The smallest absolute Gasteiger partial charge is 0.406 e. The second-order valence-corrected chi connectivity index (χ2v) is 5.44. The first-order valence-corrected chi connectivity index (χ1v) is 7.73. The number of carbonyl (C=O) groups is 1. The van der Waals surface area contributed by atoms with Gasteiger partial charge in [-0.15, -0.1) is 0 Å². The molecule has 0 aliphatic carbocycles. The third-order valence-electron chi connectivity index (χ3n) is 2.13. The number of benzene rings is 1. The van der Waals surface area contributed by atoms with Crippen LogP contribution in [0.25, 0.3) is 0 Å². The number of hydrogen-bond acceptors (Lipinski definition) is 4. The molecule has 0 aliphatic rings. The Morgan fingerprint density at radius 3 is 2.70 bits per heavy atom. The lowest BCUT2D eigenvalue weighted by Crippen LogP contribution is -2.27. The van der Waals surface area contributed by atoms with E-state index >= 15 is 0 Å². The first kappa shape index (κ1) is 16.8. The van der Waals surface area contributed by atoms with Crippen LogP contribution in [-0.4, -0.2) is 22.4 Å². The molecule has 0 spiro atoms. The Kier molecular flexibility index (Phi) is 6.29. The first-order valence-electron chi connectivity index (χ1n) is 5.82. The number of hydrogen-bond donors (Lipinski definition) is 3. The fraction of sp³-hybridized carbons (Fsp3) is 0.364. The highest BCUT2D eigenvalue weighted by Gasteiger charge is 2.20. The second-order valence-electron chi connectivity index (χ2n) is 3.84. The van der Waals surface area contributed by atoms with E-state index in [2.05, 4.69) is 9.84 Å². The molecule has 1 amide bonds. The molecule has 112 valence electrons. The Balaban J connectivity index is 2.79. The number of phosphoric ester groups is 1. The minimum atomic E-state index is -4.75. The highest BCUT2D eigenvalue weighted by atomic mass is 35.5. The van der Waals surface area contributed by atoms with E-state index in [1.807, 2.05) is 6.92 Å². The number of halogens is 1. The zero-order valence-corrected chi connectivity index (χ0v) is 12.4. The molecule has 0 fully saturated rings. The van der Waals surface area contributed by atoms with Gasteiger partial charge in [-0.3, -0.25) is 9.79 Å². The summed E-state index contributed by atoms with van der Waals surface area (Å²) in [5.74, 6) is -0.441. The van der Waals surface area contributed by atoms with Gasteiger partial charge >= 0.3 is 13.9 Å². The predicted octanol–water partition coefficient (Wildman–Crippen LogP) is 2.70. The van der Waals surface area contributed by atoms with Gasteiger partial charge in [0.2, 0.25) is 0 Å². The van der Waals surface area contributed by atoms with Crippen molar-refractivity contribution in [2.45, 2.75) is 19.8 Å². The van der Waals surface area contributed by atoms with Crippen molar-refractivity contribution in [3.8, 4) is 11.5 Å². The SMILES string of the molecule is CCCCNC(=O)Oc1cc(Cl)ccc1OP(=O)(O)O.